The second-order valence-electron chi connectivity index (χ2n) is 5.30. The summed E-state index contributed by atoms with van der Waals surface area (Å²) in [5.74, 6) is 1.01. The van der Waals surface area contributed by atoms with Gasteiger partial charge in [-0.2, -0.15) is 0 Å². The van der Waals surface area contributed by atoms with Crippen molar-refractivity contribution in [3.8, 4) is 0 Å². The van der Waals surface area contributed by atoms with Gasteiger partial charge in [-0.15, -0.1) is 0 Å². The molecule has 0 heterocycles. The van der Waals surface area contributed by atoms with Crippen LogP contribution in [-0.4, -0.2) is 56.0 Å². The molecule has 0 radical (unpaired) electrons. The summed E-state index contributed by atoms with van der Waals surface area (Å²) in [6.07, 6.45) is 6.28. The van der Waals surface area contributed by atoms with Crippen LogP contribution >= 0.6 is 0 Å². The Morgan fingerprint density at radius 3 is 2.53 bits per heavy atom. The summed E-state index contributed by atoms with van der Waals surface area (Å²) in [5, 5.41) is 0. The highest BCUT2D eigenvalue weighted by atomic mass is 16.2. The lowest BCUT2D eigenvalue weighted by molar-refractivity contribution is -0.130. The fourth-order valence-corrected chi connectivity index (χ4v) is 2.50. The van der Waals surface area contributed by atoms with Crippen molar-refractivity contribution in [2.45, 2.75) is 32.1 Å². The highest BCUT2D eigenvalue weighted by molar-refractivity contribution is 5.77. The first-order valence-electron chi connectivity index (χ1n) is 6.76. The molecule has 0 bridgehead atoms. The summed E-state index contributed by atoms with van der Waals surface area (Å²) in [5.41, 5.74) is 5.44. The topological polar surface area (TPSA) is 49.6 Å². The third kappa shape index (κ3) is 5.50. The van der Waals surface area contributed by atoms with Gasteiger partial charge in [0.05, 0.1) is 6.54 Å². The lowest BCUT2D eigenvalue weighted by Crippen LogP contribution is -2.39. The summed E-state index contributed by atoms with van der Waals surface area (Å²) in [6, 6.07) is 0. The number of carbonyl (C=O) groups is 1. The van der Waals surface area contributed by atoms with E-state index in [0.717, 1.165) is 25.4 Å². The molecule has 1 aliphatic carbocycles. The second kappa shape index (κ2) is 7.67. The van der Waals surface area contributed by atoms with Gasteiger partial charge in [-0.3, -0.25) is 9.69 Å². The van der Waals surface area contributed by atoms with Gasteiger partial charge in [0.2, 0.25) is 5.91 Å². The van der Waals surface area contributed by atoms with Gasteiger partial charge < -0.3 is 10.6 Å². The first kappa shape index (κ1) is 14.5. The zero-order valence-electron chi connectivity index (χ0n) is 11.3. The van der Waals surface area contributed by atoms with Crippen molar-refractivity contribution in [3.63, 3.8) is 0 Å². The van der Waals surface area contributed by atoms with Crippen LogP contribution in [0.2, 0.25) is 0 Å². The maximum atomic E-state index is 11.9. The molecule has 0 aromatic carbocycles. The first-order chi connectivity index (χ1) is 8.13. The van der Waals surface area contributed by atoms with Crippen molar-refractivity contribution >= 4 is 5.91 Å². The van der Waals surface area contributed by atoms with Crippen LogP contribution in [0.4, 0.5) is 0 Å². The van der Waals surface area contributed by atoms with E-state index in [2.05, 4.69) is 4.90 Å². The van der Waals surface area contributed by atoms with Gasteiger partial charge in [0.1, 0.15) is 0 Å². The molecule has 1 amide bonds. The van der Waals surface area contributed by atoms with Gasteiger partial charge in [0, 0.05) is 20.1 Å². The third-order valence-electron chi connectivity index (χ3n) is 3.57. The summed E-state index contributed by atoms with van der Waals surface area (Å²) in [6.45, 7) is 3.02. The Kier molecular flexibility index (Phi) is 6.52. The Bertz CT molecular complexity index is 227. The maximum absolute atomic E-state index is 11.9. The largest absolute Gasteiger partial charge is 0.345 e. The molecule has 0 aliphatic heterocycles. The smallest absolute Gasteiger partial charge is 0.236 e. The molecule has 2 N–H and O–H groups in total. The van der Waals surface area contributed by atoms with Gasteiger partial charge >= 0.3 is 0 Å². The van der Waals surface area contributed by atoms with Crippen molar-refractivity contribution in [3.05, 3.63) is 0 Å². The van der Waals surface area contributed by atoms with Gasteiger partial charge in [-0.05, 0) is 38.8 Å². The lowest BCUT2D eigenvalue weighted by Gasteiger charge is -2.23. The monoisotopic (exact) mass is 241 g/mol. The van der Waals surface area contributed by atoms with E-state index < -0.39 is 0 Å². The van der Waals surface area contributed by atoms with Crippen molar-refractivity contribution < 1.29 is 4.79 Å². The van der Waals surface area contributed by atoms with Gasteiger partial charge in [-0.1, -0.05) is 12.8 Å². The van der Waals surface area contributed by atoms with Gasteiger partial charge in [0.15, 0.2) is 0 Å². The van der Waals surface area contributed by atoms with E-state index in [0.29, 0.717) is 13.1 Å². The highest BCUT2D eigenvalue weighted by Gasteiger charge is 2.18. The van der Waals surface area contributed by atoms with Gasteiger partial charge in [0.25, 0.3) is 0 Å². The zero-order chi connectivity index (χ0) is 12.7. The Hall–Kier alpha value is -0.610. The predicted octanol–water partition coefficient (Wildman–Crippen LogP) is 0.916. The SMILES string of the molecule is CN(CC(=O)N(C)CCCN)CC1CCCC1. The van der Waals surface area contributed by atoms with Crippen LogP contribution in [0, 0.1) is 5.92 Å². The second-order valence-corrected chi connectivity index (χ2v) is 5.30. The number of likely N-dealkylation sites (N-methyl/N-ethyl adjacent to an activating group) is 2. The Labute approximate surface area is 105 Å². The van der Waals surface area contributed by atoms with Crippen molar-refractivity contribution in [2.75, 3.05) is 40.3 Å². The molecule has 4 heteroatoms. The minimum absolute atomic E-state index is 0.207. The molecule has 0 unspecified atom stereocenters. The summed E-state index contributed by atoms with van der Waals surface area (Å²) < 4.78 is 0. The molecule has 0 atom stereocenters. The molecule has 1 rings (SSSR count). The molecule has 0 spiro atoms. The van der Waals surface area contributed by atoms with Crippen LogP contribution < -0.4 is 5.73 Å². The zero-order valence-corrected chi connectivity index (χ0v) is 11.3. The lowest BCUT2D eigenvalue weighted by atomic mass is 10.1. The molecular formula is C13H27N3O. The number of nitrogens with zero attached hydrogens (tertiary/aromatic N) is 2. The Balaban J connectivity index is 2.19. The van der Waals surface area contributed by atoms with Crippen LogP contribution in [0.5, 0.6) is 0 Å². The Morgan fingerprint density at radius 2 is 1.94 bits per heavy atom. The summed E-state index contributed by atoms with van der Waals surface area (Å²) >= 11 is 0. The number of hydrogen-bond acceptors (Lipinski definition) is 3. The molecule has 4 nitrogen and oxygen atoms in total. The molecule has 0 aromatic heterocycles. The van der Waals surface area contributed by atoms with Gasteiger partial charge in [-0.25, -0.2) is 0 Å². The van der Waals surface area contributed by atoms with E-state index in [9.17, 15) is 4.79 Å². The predicted molar refractivity (Wildman–Crippen MR) is 70.8 cm³/mol. The van der Waals surface area contributed by atoms with E-state index in [1.54, 1.807) is 4.90 Å². The standard InChI is InChI=1S/C13H27N3O/c1-15(10-12-6-3-4-7-12)11-13(17)16(2)9-5-8-14/h12H,3-11,14H2,1-2H3. The van der Waals surface area contributed by atoms with E-state index in [1.165, 1.54) is 25.7 Å². The average molecular weight is 241 g/mol. The number of amides is 1. The van der Waals surface area contributed by atoms with E-state index >= 15 is 0 Å². The van der Waals surface area contributed by atoms with Crippen LogP contribution in [0.15, 0.2) is 0 Å². The normalized spacial score (nSPS) is 16.7. The average Bonchev–Trinajstić information content (AvgIpc) is 2.78. The molecule has 17 heavy (non-hydrogen) atoms. The molecular weight excluding hydrogens is 214 g/mol. The fourth-order valence-electron chi connectivity index (χ4n) is 2.50. The summed E-state index contributed by atoms with van der Waals surface area (Å²) in [4.78, 5) is 15.8. The minimum atomic E-state index is 0.207. The van der Waals surface area contributed by atoms with Crippen molar-refractivity contribution in [2.24, 2.45) is 11.7 Å². The number of rotatable bonds is 7. The van der Waals surface area contributed by atoms with E-state index in [1.807, 2.05) is 14.1 Å². The molecule has 0 saturated heterocycles. The van der Waals surface area contributed by atoms with Crippen LogP contribution in [-0.2, 0) is 4.79 Å². The Morgan fingerprint density at radius 1 is 1.29 bits per heavy atom. The molecule has 1 aliphatic rings. The van der Waals surface area contributed by atoms with E-state index in [-0.39, 0.29) is 5.91 Å². The summed E-state index contributed by atoms with van der Waals surface area (Å²) in [7, 11) is 3.91. The number of carbonyl (C=O) groups excluding carboxylic acids is 1. The quantitative estimate of drug-likeness (QED) is 0.721. The molecule has 100 valence electrons. The molecule has 1 saturated carbocycles. The molecule has 0 aromatic rings. The molecule has 1 fully saturated rings. The van der Waals surface area contributed by atoms with Crippen LogP contribution in [0.3, 0.4) is 0 Å². The van der Waals surface area contributed by atoms with Crippen LogP contribution in [0.1, 0.15) is 32.1 Å². The maximum Gasteiger partial charge on any atom is 0.236 e. The number of hydrogen-bond donors (Lipinski definition) is 1. The fraction of sp³-hybridized carbons (Fsp3) is 0.923. The number of nitrogens with two attached hydrogens (primary N) is 1. The van der Waals surface area contributed by atoms with E-state index in [4.69, 9.17) is 5.73 Å². The highest BCUT2D eigenvalue weighted by Crippen LogP contribution is 2.24. The first-order valence-corrected chi connectivity index (χ1v) is 6.76. The third-order valence-corrected chi connectivity index (χ3v) is 3.57. The van der Waals surface area contributed by atoms with Crippen molar-refractivity contribution in [1.29, 1.82) is 0 Å². The minimum Gasteiger partial charge on any atom is -0.345 e. The van der Waals surface area contributed by atoms with Crippen LogP contribution in [0.25, 0.3) is 0 Å². The van der Waals surface area contributed by atoms with Crippen molar-refractivity contribution in [1.82, 2.24) is 9.80 Å².